The molecule has 0 saturated heterocycles. The van der Waals surface area contributed by atoms with E-state index < -0.39 is 0 Å². The Balaban J connectivity index is 1.96. The number of nitrogens with two attached hydrogens (primary N) is 1. The molecule has 6 heteroatoms. The van der Waals surface area contributed by atoms with Crippen LogP contribution < -0.4 is 16.0 Å². The van der Waals surface area contributed by atoms with Crippen molar-refractivity contribution in [3.05, 3.63) is 4.88 Å². The highest BCUT2D eigenvalue weighted by Gasteiger charge is 2.24. The SMILES string of the molecule is CCC1CCC(NC(=O)c2sc(N(C)CC)nc2N)CC1. The number of amides is 1. The number of anilines is 2. The van der Waals surface area contributed by atoms with E-state index in [1.807, 2.05) is 18.9 Å². The molecule has 0 aliphatic heterocycles. The fourth-order valence-electron chi connectivity index (χ4n) is 2.75. The van der Waals surface area contributed by atoms with Gasteiger partial charge in [-0.05, 0) is 38.5 Å². The van der Waals surface area contributed by atoms with Crippen molar-refractivity contribution >= 4 is 28.2 Å². The van der Waals surface area contributed by atoms with Crippen LogP contribution in [0.1, 0.15) is 55.6 Å². The summed E-state index contributed by atoms with van der Waals surface area (Å²) in [5.41, 5.74) is 5.90. The van der Waals surface area contributed by atoms with Gasteiger partial charge in [-0.2, -0.15) is 0 Å². The molecular formula is C15H26N4OS. The molecule has 1 aliphatic carbocycles. The van der Waals surface area contributed by atoms with E-state index in [0.717, 1.165) is 30.4 Å². The Labute approximate surface area is 130 Å². The van der Waals surface area contributed by atoms with Gasteiger partial charge in [-0.1, -0.05) is 24.7 Å². The first-order valence-corrected chi connectivity index (χ1v) is 8.65. The Morgan fingerprint density at radius 1 is 1.38 bits per heavy atom. The average Bonchev–Trinajstić information content (AvgIpc) is 2.89. The van der Waals surface area contributed by atoms with Crippen LogP contribution in [0.5, 0.6) is 0 Å². The molecule has 0 bridgehead atoms. The maximum absolute atomic E-state index is 12.4. The van der Waals surface area contributed by atoms with Gasteiger partial charge in [0.15, 0.2) is 5.13 Å². The maximum Gasteiger partial charge on any atom is 0.265 e. The summed E-state index contributed by atoms with van der Waals surface area (Å²) >= 11 is 1.37. The van der Waals surface area contributed by atoms with E-state index >= 15 is 0 Å². The predicted molar refractivity (Wildman–Crippen MR) is 89.0 cm³/mol. The first-order chi connectivity index (χ1) is 10.0. The van der Waals surface area contributed by atoms with E-state index in [9.17, 15) is 4.79 Å². The number of carbonyl (C=O) groups excluding carboxylic acids is 1. The zero-order valence-corrected chi connectivity index (χ0v) is 14.0. The van der Waals surface area contributed by atoms with Crippen molar-refractivity contribution in [2.75, 3.05) is 24.2 Å². The quantitative estimate of drug-likeness (QED) is 0.877. The molecule has 1 amide bonds. The van der Waals surface area contributed by atoms with E-state index in [1.54, 1.807) is 0 Å². The summed E-state index contributed by atoms with van der Waals surface area (Å²) in [6, 6.07) is 0.286. The third-order valence-electron chi connectivity index (χ3n) is 4.41. The number of carbonyl (C=O) groups is 1. The Hall–Kier alpha value is -1.30. The average molecular weight is 310 g/mol. The summed E-state index contributed by atoms with van der Waals surface area (Å²) < 4.78 is 0. The van der Waals surface area contributed by atoms with Gasteiger partial charge >= 0.3 is 0 Å². The third kappa shape index (κ3) is 3.87. The van der Waals surface area contributed by atoms with Gasteiger partial charge in [0, 0.05) is 19.6 Å². The first-order valence-electron chi connectivity index (χ1n) is 7.83. The van der Waals surface area contributed by atoms with Crippen molar-refractivity contribution in [1.29, 1.82) is 0 Å². The zero-order chi connectivity index (χ0) is 15.4. The summed E-state index contributed by atoms with van der Waals surface area (Å²) in [6.45, 7) is 5.13. The summed E-state index contributed by atoms with van der Waals surface area (Å²) in [6.07, 6.45) is 5.82. The number of hydrogen-bond donors (Lipinski definition) is 2. The number of nitrogen functional groups attached to an aromatic ring is 1. The Morgan fingerprint density at radius 2 is 2.05 bits per heavy atom. The normalized spacial score (nSPS) is 22.0. The lowest BCUT2D eigenvalue weighted by Gasteiger charge is -2.28. The van der Waals surface area contributed by atoms with Crippen LogP contribution in [-0.2, 0) is 0 Å². The number of rotatable bonds is 5. The molecule has 1 aliphatic rings. The van der Waals surface area contributed by atoms with E-state index in [0.29, 0.717) is 10.7 Å². The first kappa shape index (κ1) is 16.1. The topological polar surface area (TPSA) is 71.2 Å². The molecule has 0 spiro atoms. The van der Waals surface area contributed by atoms with Gasteiger partial charge < -0.3 is 16.0 Å². The van der Waals surface area contributed by atoms with Gasteiger partial charge in [-0.15, -0.1) is 0 Å². The molecule has 0 atom stereocenters. The number of hydrogen-bond acceptors (Lipinski definition) is 5. The van der Waals surface area contributed by atoms with Crippen LogP contribution in [0.15, 0.2) is 0 Å². The molecule has 0 aromatic carbocycles. The molecule has 1 fully saturated rings. The predicted octanol–water partition coefficient (Wildman–Crippen LogP) is 2.88. The molecule has 118 valence electrons. The Morgan fingerprint density at radius 3 is 2.62 bits per heavy atom. The van der Waals surface area contributed by atoms with Crippen LogP contribution in [0, 0.1) is 5.92 Å². The van der Waals surface area contributed by atoms with Crippen LogP contribution in [0.25, 0.3) is 0 Å². The molecule has 1 saturated carbocycles. The third-order valence-corrected chi connectivity index (χ3v) is 5.59. The fraction of sp³-hybridized carbons (Fsp3) is 0.733. The largest absolute Gasteiger partial charge is 0.382 e. The highest BCUT2D eigenvalue weighted by molar-refractivity contribution is 7.18. The van der Waals surface area contributed by atoms with Gasteiger partial charge in [0.1, 0.15) is 10.7 Å². The lowest BCUT2D eigenvalue weighted by atomic mass is 9.84. The van der Waals surface area contributed by atoms with E-state index in [4.69, 9.17) is 5.73 Å². The van der Waals surface area contributed by atoms with E-state index in [1.165, 1.54) is 30.6 Å². The molecule has 2 rings (SSSR count). The molecule has 1 aromatic rings. The van der Waals surface area contributed by atoms with Crippen LogP contribution in [0.4, 0.5) is 10.9 Å². The Kier molecular flexibility index (Phi) is 5.45. The van der Waals surface area contributed by atoms with Crippen molar-refractivity contribution in [3.63, 3.8) is 0 Å². The lowest BCUT2D eigenvalue weighted by Crippen LogP contribution is -2.37. The van der Waals surface area contributed by atoms with Gasteiger partial charge in [0.25, 0.3) is 5.91 Å². The van der Waals surface area contributed by atoms with Gasteiger partial charge in [0.2, 0.25) is 0 Å². The van der Waals surface area contributed by atoms with Gasteiger partial charge in [-0.25, -0.2) is 4.98 Å². The number of thiazole rings is 1. The molecule has 3 N–H and O–H groups in total. The number of nitrogens with zero attached hydrogens (tertiary/aromatic N) is 2. The maximum atomic E-state index is 12.4. The second-order valence-electron chi connectivity index (χ2n) is 5.82. The van der Waals surface area contributed by atoms with Crippen molar-refractivity contribution in [3.8, 4) is 0 Å². The minimum absolute atomic E-state index is 0.0688. The summed E-state index contributed by atoms with van der Waals surface area (Å²) in [5, 5.41) is 3.92. The molecule has 21 heavy (non-hydrogen) atoms. The minimum Gasteiger partial charge on any atom is -0.382 e. The van der Waals surface area contributed by atoms with Crippen LogP contribution in [0.3, 0.4) is 0 Å². The van der Waals surface area contributed by atoms with E-state index in [2.05, 4.69) is 17.2 Å². The fourth-order valence-corrected chi connectivity index (χ4v) is 3.66. The number of nitrogens with one attached hydrogen (secondary N) is 1. The highest BCUT2D eigenvalue weighted by atomic mass is 32.1. The van der Waals surface area contributed by atoms with Crippen LogP contribution >= 0.6 is 11.3 Å². The van der Waals surface area contributed by atoms with Gasteiger partial charge in [-0.3, -0.25) is 4.79 Å². The summed E-state index contributed by atoms with van der Waals surface area (Å²) in [5.74, 6) is 1.10. The van der Waals surface area contributed by atoms with Crippen LogP contribution in [-0.4, -0.2) is 30.5 Å². The molecular weight excluding hydrogens is 284 g/mol. The second-order valence-corrected chi connectivity index (χ2v) is 6.80. The summed E-state index contributed by atoms with van der Waals surface area (Å²) in [7, 11) is 1.95. The Bertz CT molecular complexity index is 480. The van der Waals surface area contributed by atoms with E-state index in [-0.39, 0.29) is 11.9 Å². The molecule has 5 nitrogen and oxygen atoms in total. The van der Waals surface area contributed by atoms with Crippen molar-refractivity contribution < 1.29 is 4.79 Å². The van der Waals surface area contributed by atoms with Gasteiger partial charge in [0.05, 0.1) is 0 Å². The molecule has 1 aromatic heterocycles. The molecule has 0 unspecified atom stereocenters. The monoisotopic (exact) mass is 310 g/mol. The zero-order valence-electron chi connectivity index (χ0n) is 13.2. The van der Waals surface area contributed by atoms with Crippen molar-refractivity contribution in [2.24, 2.45) is 5.92 Å². The molecule has 0 radical (unpaired) electrons. The second kappa shape index (κ2) is 7.11. The smallest absolute Gasteiger partial charge is 0.265 e. The summed E-state index contributed by atoms with van der Waals surface area (Å²) in [4.78, 5) is 19.2. The van der Waals surface area contributed by atoms with Crippen molar-refractivity contribution in [2.45, 2.75) is 52.0 Å². The minimum atomic E-state index is -0.0688. The van der Waals surface area contributed by atoms with Crippen molar-refractivity contribution in [1.82, 2.24) is 10.3 Å². The number of aromatic nitrogens is 1. The molecule has 1 heterocycles. The highest BCUT2D eigenvalue weighted by Crippen LogP contribution is 2.29. The van der Waals surface area contributed by atoms with Crippen LogP contribution in [0.2, 0.25) is 0 Å². The lowest BCUT2D eigenvalue weighted by molar-refractivity contribution is 0.0926. The standard InChI is InChI=1S/C15H26N4OS/c1-4-10-6-8-11(9-7-10)17-14(20)12-13(16)18-15(21-12)19(3)5-2/h10-11H,4-9,16H2,1-3H3,(H,17,20).